The Morgan fingerprint density at radius 1 is 0.862 bits per heavy atom. The second-order valence-electron chi connectivity index (χ2n) is 9.68. The first-order valence-electron chi connectivity index (χ1n) is 12.4. The van der Waals surface area contributed by atoms with Crippen LogP contribution in [0.3, 0.4) is 0 Å². The standard InChI is InChI=1S/C25H45N2O2/c1-5-20(3)28-24-13-9-7-11-22(24)17-26-15-16-27(19-26)18-23-12-8-10-14-25(23)29-21(4)6-2/h15-16,19-25H,5-14,17-18H2,1-4H3/q+1. The van der Waals surface area contributed by atoms with E-state index in [2.05, 4.69) is 55.6 Å². The highest BCUT2D eigenvalue weighted by Gasteiger charge is 2.31. The highest BCUT2D eigenvalue weighted by atomic mass is 16.5. The zero-order valence-electron chi connectivity index (χ0n) is 19.4. The minimum absolute atomic E-state index is 0.379. The van der Waals surface area contributed by atoms with Gasteiger partial charge in [-0.2, -0.15) is 0 Å². The van der Waals surface area contributed by atoms with Crippen molar-refractivity contribution >= 4 is 0 Å². The van der Waals surface area contributed by atoms with E-state index in [0.29, 0.717) is 36.3 Å². The van der Waals surface area contributed by atoms with Crippen molar-refractivity contribution in [3.8, 4) is 0 Å². The number of aromatic nitrogens is 2. The largest absolute Gasteiger partial charge is 0.375 e. The lowest BCUT2D eigenvalue weighted by Crippen LogP contribution is -2.43. The Hall–Kier alpha value is -0.870. The van der Waals surface area contributed by atoms with Crippen LogP contribution in [-0.4, -0.2) is 29.0 Å². The highest BCUT2D eigenvalue weighted by molar-refractivity contribution is 4.80. The summed E-state index contributed by atoms with van der Waals surface area (Å²) in [7, 11) is 0. The molecule has 6 unspecified atom stereocenters. The lowest BCUT2D eigenvalue weighted by atomic mass is 9.86. The number of nitrogens with zero attached hydrogens (tertiary/aromatic N) is 2. The number of hydrogen-bond donors (Lipinski definition) is 0. The van der Waals surface area contributed by atoms with Crippen LogP contribution in [-0.2, 0) is 22.6 Å². The molecule has 0 N–H and O–H groups in total. The van der Waals surface area contributed by atoms with Crippen LogP contribution >= 0.6 is 0 Å². The third kappa shape index (κ3) is 6.82. The summed E-state index contributed by atoms with van der Waals surface area (Å²) in [6, 6.07) is 0. The second-order valence-corrected chi connectivity index (χ2v) is 9.68. The summed E-state index contributed by atoms with van der Waals surface area (Å²) >= 11 is 0. The number of hydrogen-bond acceptors (Lipinski definition) is 2. The predicted octanol–water partition coefficient (Wildman–Crippen LogP) is 5.52. The molecule has 4 heteroatoms. The van der Waals surface area contributed by atoms with Gasteiger partial charge in [0, 0.05) is 11.8 Å². The van der Waals surface area contributed by atoms with Crippen molar-refractivity contribution in [3.05, 3.63) is 18.7 Å². The molecule has 2 aliphatic rings. The minimum atomic E-state index is 0.379. The molecule has 0 amide bonds. The van der Waals surface area contributed by atoms with Crippen LogP contribution in [0.5, 0.6) is 0 Å². The van der Waals surface area contributed by atoms with Crippen molar-refractivity contribution in [3.63, 3.8) is 0 Å². The van der Waals surface area contributed by atoms with Gasteiger partial charge in [-0.05, 0) is 52.4 Å². The summed E-state index contributed by atoms with van der Waals surface area (Å²) < 4.78 is 17.6. The van der Waals surface area contributed by atoms with Gasteiger partial charge in [-0.25, -0.2) is 9.13 Å². The summed E-state index contributed by atoms with van der Waals surface area (Å²) in [6.07, 6.45) is 21.1. The molecule has 0 bridgehead atoms. The fourth-order valence-corrected chi connectivity index (χ4v) is 5.11. The average molecular weight is 406 g/mol. The monoisotopic (exact) mass is 405 g/mol. The molecule has 1 aromatic heterocycles. The Labute approximate surface area is 179 Å². The van der Waals surface area contributed by atoms with Gasteiger partial charge in [0.05, 0.1) is 37.5 Å². The lowest BCUT2D eigenvalue weighted by Gasteiger charge is -2.32. The molecule has 29 heavy (non-hydrogen) atoms. The molecular weight excluding hydrogens is 360 g/mol. The second kappa shape index (κ2) is 11.5. The zero-order chi connectivity index (χ0) is 20.6. The maximum atomic E-state index is 6.38. The highest BCUT2D eigenvalue weighted by Crippen LogP contribution is 2.30. The van der Waals surface area contributed by atoms with Gasteiger partial charge < -0.3 is 9.47 Å². The number of rotatable bonds is 10. The van der Waals surface area contributed by atoms with E-state index < -0.39 is 0 Å². The molecule has 6 atom stereocenters. The van der Waals surface area contributed by atoms with Crippen LogP contribution in [0.4, 0.5) is 0 Å². The smallest absolute Gasteiger partial charge is 0.243 e. The Balaban J connectivity index is 1.56. The summed E-state index contributed by atoms with van der Waals surface area (Å²) in [4.78, 5) is 0. The van der Waals surface area contributed by atoms with Crippen molar-refractivity contribution in [1.82, 2.24) is 4.57 Å². The van der Waals surface area contributed by atoms with Crippen LogP contribution < -0.4 is 4.57 Å². The van der Waals surface area contributed by atoms with Gasteiger partial charge in [-0.15, -0.1) is 0 Å². The summed E-state index contributed by atoms with van der Waals surface area (Å²) in [5.74, 6) is 1.30. The third-order valence-corrected chi connectivity index (χ3v) is 7.28. The molecule has 2 saturated carbocycles. The van der Waals surface area contributed by atoms with Gasteiger partial charge in [-0.3, -0.25) is 0 Å². The van der Waals surface area contributed by atoms with E-state index in [-0.39, 0.29) is 0 Å². The molecular formula is C25H45N2O2+. The topological polar surface area (TPSA) is 27.3 Å². The molecule has 3 rings (SSSR count). The molecule has 2 aliphatic carbocycles. The van der Waals surface area contributed by atoms with E-state index in [1.54, 1.807) is 0 Å². The van der Waals surface area contributed by atoms with Gasteiger partial charge in [0.15, 0.2) is 0 Å². The molecule has 2 fully saturated rings. The van der Waals surface area contributed by atoms with E-state index in [9.17, 15) is 0 Å². The maximum absolute atomic E-state index is 6.38. The van der Waals surface area contributed by atoms with Gasteiger partial charge in [0.1, 0.15) is 12.4 Å². The van der Waals surface area contributed by atoms with Crippen molar-refractivity contribution in [1.29, 1.82) is 0 Å². The van der Waals surface area contributed by atoms with Crippen LogP contribution in [0.15, 0.2) is 18.7 Å². The van der Waals surface area contributed by atoms with E-state index in [1.807, 2.05) is 0 Å². The fourth-order valence-electron chi connectivity index (χ4n) is 5.11. The summed E-state index contributed by atoms with van der Waals surface area (Å²) in [6.45, 7) is 11.1. The molecule has 0 saturated heterocycles. The normalized spacial score (nSPS) is 30.2. The van der Waals surface area contributed by atoms with Crippen LogP contribution in [0, 0.1) is 11.8 Å². The van der Waals surface area contributed by atoms with Crippen molar-refractivity contribution in [2.45, 2.75) is 129 Å². The molecule has 166 valence electrons. The number of imidazole rings is 1. The summed E-state index contributed by atoms with van der Waals surface area (Å²) in [5.41, 5.74) is 0. The van der Waals surface area contributed by atoms with E-state index >= 15 is 0 Å². The van der Waals surface area contributed by atoms with Crippen molar-refractivity contribution < 1.29 is 14.0 Å². The van der Waals surface area contributed by atoms with Gasteiger partial charge in [0.2, 0.25) is 6.33 Å². The molecule has 1 aromatic rings. The van der Waals surface area contributed by atoms with E-state index in [4.69, 9.17) is 9.47 Å². The first-order valence-corrected chi connectivity index (χ1v) is 12.4. The molecule has 1 heterocycles. The van der Waals surface area contributed by atoms with E-state index in [1.165, 1.54) is 51.4 Å². The quantitative estimate of drug-likeness (QED) is 0.479. The van der Waals surface area contributed by atoms with E-state index in [0.717, 1.165) is 25.9 Å². The van der Waals surface area contributed by atoms with Crippen LogP contribution in [0.1, 0.15) is 91.9 Å². The molecule has 4 nitrogen and oxygen atoms in total. The Kier molecular flexibility index (Phi) is 9.05. The maximum Gasteiger partial charge on any atom is 0.243 e. The zero-order valence-corrected chi connectivity index (χ0v) is 19.4. The van der Waals surface area contributed by atoms with Gasteiger partial charge in [-0.1, -0.05) is 39.5 Å². The Morgan fingerprint density at radius 3 is 2.03 bits per heavy atom. The Morgan fingerprint density at radius 2 is 1.41 bits per heavy atom. The lowest BCUT2D eigenvalue weighted by molar-refractivity contribution is -0.704. The predicted molar refractivity (Wildman–Crippen MR) is 118 cm³/mol. The Bertz CT molecular complexity index is 539. The van der Waals surface area contributed by atoms with Gasteiger partial charge in [0.25, 0.3) is 0 Å². The number of ether oxygens (including phenoxy) is 2. The average Bonchev–Trinajstić information content (AvgIpc) is 3.17. The minimum Gasteiger partial charge on any atom is -0.375 e. The SMILES string of the molecule is CCC(C)OC1CCCCC1Cn1cc[n+](CC2CCCCC2OC(C)CC)c1. The third-order valence-electron chi connectivity index (χ3n) is 7.28. The first kappa shape index (κ1) is 22.8. The van der Waals surface area contributed by atoms with Gasteiger partial charge >= 0.3 is 0 Å². The van der Waals surface area contributed by atoms with Crippen molar-refractivity contribution in [2.75, 3.05) is 0 Å². The first-order chi connectivity index (χ1) is 14.1. The molecule has 0 aromatic carbocycles. The van der Waals surface area contributed by atoms with Crippen LogP contribution in [0.2, 0.25) is 0 Å². The fraction of sp³-hybridized carbons (Fsp3) is 0.880. The summed E-state index contributed by atoms with van der Waals surface area (Å²) in [5, 5.41) is 0. The van der Waals surface area contributed by atoms with Crippen LogP contribution in [0.25, 0.3) is 0 Å². The molecule has 0 radical (unpaired) electrons. The van der Waals surface area contributed by atoms with Crippen molar-refractivity contribution in [2.24, 2.45) is 11.8 Å². The molecule has 0 aliphatic heterocycles. The molecule has 0 spiro atoms.